The summed E-state index contributed by atoms with van der Waals surface area (Å²) in [4.78, 5) is 24.7. The fraction of sp³-hybridized carbons (Fsp3) is 0.500. The van der Waals surface area contributed by atoms with Crippen LogP contribution in [0.4, 0.5) is 10.5 Å². The Morgan fingerprint density at radius 1 is 1.29 bits per heavy atom. The van der Waals surface area contributed by atoms with Crippen LogP contribution in [0.25, 0.3) is 0 Å². The molecular formula is C16H22N2O3. The number of urea groups is 1. The number of para-hydroxylation sites is 1. The Labute approximate surface area is 125 Å². The summed E-state index contributed by atoms with van der Waals surface area (Å²) in [6.07, 6.45) is 4.23. The van der Waals surface area contributed by atoms with Crippen LogP contribution in [0.15, 0.2) is 30.3 Å². The molecule has 0 heterocycles. The van der Waals surface area contributed by atoms with E-state index in [4.69, 9.17) is 5.11 Å². The van der Waals surface area contributed by atoms with Crippen LogP contribution in [0, 0.1) is 5.92 Å². The molecule has 2 N–H and O–H groups in total. The molecule has 0 saturated heterocycles. The number of aliphatic carboxylic acids is 1. The number of hydrogen-bond acceptors (Lipinski definition) is 2. The molecule has 2 unspecified atom stereocenters. The molecule has 0 radical (unpaired) electrons. The third-order valence-corrected chi connectivity index (χ3v) is 3.87. The average Bonchev–Trinajstić information content (AvgIpc) is 2.45. The van der Waals surface area contributed by atoms with Gasteiger partial charge in [-0.05, 0) is 30.9 Å². The van der Waals surface area contributed by atoms with Crippen molar-refractivity contribution < 1.29 is 14.7 Å². The highest BCUT2D eigenvalue weighted by Gasteiger charge is 2.24. The summed E-state index contributed by atoms with van der Waals surface area (Å²) < 4.78 is 0. The second-order valence-corrected chi connectivity index (χ2v) is 5.73. The van der Waals surface area contributed by atoms with Gasteiger partial charge in [-0.2, -0.15) is 0 Å². The minimum Gasteiger partial charge on any atom is -0.480 e. The molecule has 0 aliphatic heterocycles. The van der Waals surface area contributed by atoms with Crippen molar-refractivity contribution in [3.63, 3.8) is 0 Å². The molecule has 1 saturated carbocycles. The van der Waals surface area contributed by atoms with Gasteiger partial charge < -0.3 is 10.4 Å². The zero-order chi connectivity index (χ0) is 15.2. The van der Waals surface area contributed by atoms with E-state index in [2.05, 4.69) is 12.2 Å². The van der Waals surface area contributed by atoms with E-state index in [0.29, 0.717) is 11.6 Å². The van der Waals surface area contributed by atoms with Crippen LogP contribution in [0.2, 0.25) is 0 Å². The summed E-state index contributed by atoms with van der Waals surface area (Å²) in [5.74, 6) is -0.417. The second-order valence-electron chi connectivity index (χ2n) is 5.73. The lowest BCUT2D eigenvalue weighted by molar-refractivity contribution is -0.135. The third kappa shape index (κ3) is 4.48. The molecule has 0 spiro atoms. The smallest absolute Gasteiger partial charge is 0.323 e. The summed E-state index contributed by atoms with van der Waals surface area (Å²) in [5.41, 5.74) is 0.598. The highest BCUT2D eigenvalue weighted by atomic mass is 16.4. The molecule has 0 aromatic heterocycles. The van der Waals surface area contributed by atoms with Crippen LogP contribution >= 0.6 is 0 Å². The number of benzene rings is 1. The van der Waals surface area contributed by atoms with Crippen molar-refractivity contribution >= 4 is 17.7 Å². The summed E-state index contributed by atoms with van der Waals surface area (Å²) >= 11 is 0. The first kappa shape index (κ1) is 15.4. The second kappa shape index (κ2) is 7.11. The van der Waals surface area contributed by atoms with Crippen molar-refractivity contribution in [2.75, 3.05) is 11.4 Å². The number of hydrogen-bond donors (Lipinski definition) is 2. The maximum absolute atomic E-state index is 12.4. The van der Waals surface area contributed by atoms with E-state index in [1.165, 1.54) is 11.3 Å². The molecule has 1 aliphatic rings. The number of nitrogens with one attached hydrogen (secondary N) is 1. The van der Waals surface area contributed by atoms with Crippen molar-refractivity contribution in [1.29, 1.82) is 0 Å². The van der Waals surface area contributed by atoms with Crippen LogP contribution in [0.5, 0.6) is 0 Å². The Balaban J connectivity index is 2.05. The van der Waals surface area contributed by atoms with E-state index in [9.17, 15) is 9.59 Å². The lowest BCUT2D eigenvalue weighted by Gasteiger charge is -2.30. The summed E-state index contributed by atoms with van der Waals surface area (Å²) in [5, 5.41) is 12.0. The highest BCUT2D eigenvalue weighted by molar-refractivity contribution is 5.96. The van der Waals surface area contributed by atoms with Crippen molar-refractivity contribution in [3.05, 3.63) is 30.3 Å². The highest BCUT2D eigenvalue weighted by Crippen LogP contribution is 2.24. The number of rotatable bonds is 4. The van der Waals surface area contributed by atoms with Crippen LogP contribution in [0.3, 0.4) is 0 Å². The number of amides is 2. The molecule has 1 aromatic carbocycles. The van der Waals surface area contributed by atoms with Crippen molar-refractivity contribution in [1.82, 2.24) is 5.32 Å². The van der Waals surface area contributed by atoms with E-state index in [1.54, 1.807) is 24.3 Å². The van der Waals surface area contributed by atoms with Crippen molar-refractivity contribution in [2.45, 2.75) is 38.6 Å². The van der Waals surface area contributed by atoms with Gasteiger partial charge in [0.15, 0.2) is 0 Å². The first-order chi connectivity index (χ1) is 10.1. The Bertz CT molecular complexity index is 490. The van der Waals surface area contributed by atoms with Gasteiger partial charge in [0.25, 0.3) is 0 Å². The van der Waals surface area contributed by atoms with Gasteiger partial charge >= 0.3 is 12.0 Å². The van der Waals surface area contributed by atoms with Crippen LogP contribution in [0.1, 0.15) is 32.6 Å². The normalized spacial score (nSPS) is 21.6. The molecule has 5 heteroatoms. The summed E-state index contributed by atoms with van der Waals surface area (Å²) in [7, 11) is 0. The SMILES string of the molecule is CC1CCCC(NC(=O)N(CC(=O)O)c2ccccc2)C1. The number of carbonyl (C=O) groups excluding carboxylic acids is 1. The van der Waals surface area contributed by atoms with Crippen LogP contribution < -0.4 is 10.2 Å². The van der Waals surface area contributed by atoms with E-state index in [0.717, 1.165) is 19.3 Å². The number of carboxylic acid groups (broad SMARTS) is 1. The summed E-state index contributed by atoms with van der Waals surface area (Å²) in [6, 6.07) is 8.71. The first-order valence-electron chi connectivity index (χ1n) is 7.41. The summed E-state index contributed by atoms with van der Waals surface area (Å²) in [6.45, 7) is 1.85. The van der Waals surface area contributed by atoms with Crippen LogP contribution in [-0.4, -0.2) is 29.7 Å². The number of nitrogens with zero attached hydrogens (tertiary/aromatic N) is 1. The van der Waals surface area contributed by atoms with Gasteiger partial charge in [-0.25, -0.2) is 4.79 Å². The Kier molecular flexibility index (Phi) is 5.20. The fourth-order valence-electron chi connectivity index (χ4n) is 2.84. The van der Waals surface area contributed by atoms with Crippen molar-refractivity contribution in [3.8, 4) is 0 Å². The molecule has 114 valence electrons. The zero-order valence-electron chi connectivity index (χ0n) is 12.3. The number of carbonyl (C=O) groups is 2. The third-order valence-electron chi connectivity index (χ3n) is 3.87. The first-order valence-corrected chi connectivity index (χ1v) is 7.41. The van der Waals surface area contributed by atoms with E-state index in [-0.39, 0.29) is 18.6 Å². The number of anilines is 1. The zero-order valence-corrected chi connectivity index (χ0v) is 12.3. The monoisotopic (exact) mass is 290 g/mol. The van der Waals surface area contributed by atoms with Gasteiger partial charge in [-0.1, -0.05) is 38.0 Å². The topological polar surface area (TPSA) is 69.6 Å². The van der Waals surface area contributed by atoms with E-state index >= 15 is 0 Å². The fourth-order valence-corrected chi connectivity index (χ4v) is 2.84. The molecular weight excluding hydrogens is 268 g/mol. The molecule has 2 amide bonds. The molecule has 2 rings (SSSR count). The van der Waals surface area contributed by atoms with Gasteiger partial charge in [-0.15, -0.1) is 0 Å². The number of carboxylic acids is 1. The van der Waals surface area contributed by atoms with Gasteiger partial charge in [0.2, 0.25) is 0 Å². The van der Waals surface area contributed by atoms with E-state index < -0.39 is 5.97 Å². The molecule has 1 aromatic rings. The largest absolute Gasteiger partial charge is 0.480 e. The molecule has 21 heavy (non-hydrogen) atoms. The van der Waals surface area contributed by atoms with Crippen LogP contribution in [-0.2, 0) is 4.79 Å². The molecule has 5 nitrogen and oxygen atoms in total. The van der Waals surface area contributed by atoms with Gasteiger partial charge in [0, 0.05) is 11.7 Å². The standard InChI is InChI=1S/C16H22N2O3/c1-12-6-5-7-13(10-12)17-16(21)18(11-15(19)20)14-8-3-2-4-9-14/h2-4,8-9,12-13H,5-7,10-11H2,1H3,(H,17,21)(H,19,20). The van der Waals surface area contributed by atoms with Gasteiger partial charge in [-0.3, -0.25) is 9.69 Å². The molecule has 2 atom stereocenters. The molecule has 1 fully saturated rings. The lowest BCUT2D eigenvalue weighted by atomic mass is 9.87. The average molecular weight is 290 g/mol. The maximum Gasteiger partial charge on any atom is 0.323 e. The minimum atomic E-state index is -1.02. The predicted molar refractivity (Wildman–Crippen MR) is 81.4 cm³/mol. The predicted octanol–water partition coefficient (Wildman–Crippen LogP) is 2.87. The minimum absolute atomic E-state index is 0.140. The maximum atomic E-state index is 12.4. The quantitative estimate of drug-likeness (QED) is 0.895. The van der Waals surface area contributed by atoms with Gasteiger partial charge in [0.05, 0.1) is 0 Å². The lowest BCUT2D eigenvalue weighted by Crippen LogP contribution is -2.48. The Morgan fingerprint density at radius 3 is 2.62 bits per heavy atom. The Hall–Kier alpha value is -2.04. The molecule has 1 aliphatic carbocycles. The van der Waals surface area contributed by atoms with E-state index in [1.807, 2.05) is 6.07 Å². The van der Waals surface area contributed by atoms with Crippen molar-refractivity contribution in [2.24, 2.45) is 5.92 Å². The van der Waals surface area contributed by atoms with Gasteiger partial charge in [0.1, 0.15) is 6.54 Å². The Morgan fingerprint density at radius 2 is 2.00 bits per heavy atom. The molecule has 0 bridgehead atoms.